The number of urea groups is 1. The predicted molar refractivity (Wildman–Crippen MR) is 71.8 cm³/mol. The summed E-state index contributed by atoms with van der Waals surface area (Å²) < 4.78 is 22.5. The Hall–Kier alpha value is -1.57. The summed E-state index contributed by atoms with van der Waals surface area (Å²) in [4.78, 5) is 22.8. The van der Waals surface area contributed by atoms with Gasteiger partial charge < -0.3 is 15.7 Å². The van der Waals surface area contributed by atoms with E-state index < -0.39 is 33.4 Å². The zero-order valence-electron chi connectivity index (χ0n) is 11.0. The minimum Gasteiger partial charge on any atom is -0.481 e. The number of carboxylic acids is 1. The summed E-state index contributed by atoms with van der Waals surface area (Å²) >= 11 is 0. The first-order valence-electron chi connectivity index (χ1n) is 6.52. The van der Waals surface area contributed by atoms with Gasteiger partial charge in [-0.15, -0.1) is 0 Å². The van der Waals surface area contributed by atoms with Crippen LogP contribution in [-0.2, 0) is 14.6 Å². The number of carboxylic acid groups (broad SMARTS) is 1. The van der Waals surface area contributed by atoms with Crippen molar-refractivity contribution in [2.24, 2.45) is 0 Å². The van der Waals surface area contributed by atoms with Gasteiger partial charge in [0.15, 0.2) is 9.84 Å². The molecule has 1 heterocycles. The van der Waals surface area contributed by atoms with E-state index >= 15 is 0 Å². The van der Waals surface area contributed by atoms with Crippen LogP contribution in [0, 0.1) is 0 Å². The standard InChI is InChI=1S/C12H18N2O5S/c15-10(16)7-12(4-1-2-5-12)14-11(17)13-9-3-6-20(18,19)8-9/h3,6,9H,1-2,4-5,7-8H2,(H,15,16)(H2,13,14,17). The highest BCUT2D eigenvalue weighted by Crippen LogP contribution is 2.32. The molecule has 8 heteroatoms. The number of carbonyl (C=O) groups excluding carboxylic acids is 1. The van der Waals surface area contributed by atoms with E-state index in [9.17, 15) is 18.0 Å². The van der Waals surface area contributed by atoms with Crippen LogP contribution in [0.3, 0.4) is 0 Å². The smallest absolute Gasteiger partial charge is 0.315 e. The fourth-order valence-corrected chi connectivity index (χ4v) is 4.03. The zero-order valence-corrected chi connectivity index (χ0v) is 11.8. The molecule has 2 rings (SSSR count). The van der Waals surface area contributed by atoms with Crippen molar-refractivity contribution in [1.82, 2.24) is 10.6 Å². The third-order valence-corrected chi connectivity index (χ3v) is 5.07. The first kappa shape index (κ1) is 14.8. The van der Waals surface area contributed by atoms with Crippen molar-refractivity contribution >= 4 is 21.8 Å². The fourth-order valence-electron chi connectivity index (χ4n) is 2.80. The molecule has 1 unspecified atom stereocenters. The van der Waals surface area contributed by atoms with Gasteiger partial charge in [0.1, 0.15) is 0 Å². The van der Waals surface area contributed by atoms with E-state index in [-0.39, 0.29) is 12.2 Å². The Morgan fingerprint density at radius 1 is 1.30 bits per heavy atom. The summed E-state index contributed by atoms with van der Waals surface area (Å²) in [5, 5.41) is 15.3. The van der Waals surface area contributed by atoms with E-state index in [1.807, 2.05) is 0 Å². The van der Waals surface area contributed by atoms with Gasteiger partial charge in [0.05, 0.1) is 23.8 Å². The van der Waals surface area contributed by atoms with Crippen LogP contribution >= 0.6 is 0 Å². The molecule has 1 aliphatic carbocycles. The number of sulfone groups is 1. The summed E-state index contributed by atoms with van der Waals surface area (Å²) in [6.07, 6.45) is 4.33. The topological polar surface area (TPSA) is 113 Å². The molecule has 0 bridgehead atoms. The van der Waals surface area contributed by atoms with Gasteiger partial charge in [-0.25, -0.2) is 13.2 Å². The van der Waals surface area contributed by atoms with E-state index in [2.05, 4.69) is 10.6 Å². The molecule has 1 saturated carbocycles. The van der Waals surface area contributed by atoms with Crippen molar-refractivity contribution in [2.45, 2.75) is 43.7 Å². The molecule has 112 valence electrons. The lowest BCUT2D eigenvalue weighted by molar-refractivity contribution is -0.138. The Bertz CT molecular complexity index is 534. The highest BCUT2D eigenvalue weighted by molar-refractivity contribution is 7.94. The number of hydrogen-bond donors (Lipinski definition) is 3. The molecule has 0 radical (unpaired) electrons. The average molecular weight is 302 g/mol. The molecule has 0 aromatic heterocycles. The van der Waals surface area contributed by atoms with Crippen molar-refractivity contribution < 1.29 is 23.1 Å². The Kier molecular flexibility index (Phi) is 4.03. The lowest BCUT2D eigenvalue weighted by Gasteiger charge is -2.29. The SMILES string of the molecule is O=C(O)CC1(NC(=O)NC2C=CS(=O)(=O)C2)CCCC1. The van der Waals surface area contributed by atoms with Gasteiger partial charge in [0, 0.05) is 5.41 Å². The molecule has 2 amide bonds. The minimum atomic E-state index is -3.22. The minimum absolute atomic E-state index is 0.112. The molecule has 1 fully saturated rings. The first-order valence-corrected chi connectivity index (χ1v) is 8.23. The third kappa shape index (κ3) is 3.72. The van der Waals surface area contributed by atoms with E-state index in [0.717, 1.165) is 18.2 Å². The van der Waals surface area contributed by atoms with Crippen LogP contribution in [-0.4, -0.2) is 42.9 Å². The van der Waals surface area contributed by atoms with Crippen molar-refractivity contribution in [3.8, 4) is 0 Å². The fraction of sp³-hybridized carbons (Fsp3) is 0.667. The van der Waals surface area contributed by atoms with E-state index in [4.69, 9.17) is 5.11 Å². The Labute approximate surface area is 117 Å². The second-order valence-corrected chi connectivity index (χ2v) is 7.35. The van der Waals surface area contributed by atoms with Crippen molar-refractivity contribution in [3.63, 3.8) is 0 Å². The number of hydrogen-bond acceptors (Lipinski definition) is 4. The molecule has 20 heavy (non-hydrogen) atoms. The number of carbonyl (C=O) groups is 2. The molecule has 1 aliphatic heterocycles. The van der Waals surface area contributed by atoms with Gasteiger partial charge in [-0.1, -0.05) is 12.8 Å². The summed E-state index contributed by atoms with van der Waals surface area (Å²) in [5.41, 5.74) is -0.711. The van der Waals surface area contributed by atoms with Gasteiger partial charge in [0.2, 0.25) is 0 Å². The van der Waals surface area contributed by atoms with E-state index in [1.54, 1.807) is 0 Å². The van der Waals surface area contributed by atoms with Crippen molar-refractivity contribution in [3.05, 3.63) is 11.5 Å². The second-order valence-electron chi connectivity index (χ2n) is 5.42. The number of nitrogens with one attached hydrogen (secondary N) is 2. The normalized spacial score (nSPS) is 26.3. The second kappa shape index (κ2) is 5.43. The molecule has 0 saturated heterocycles. The molecule has 0 spiro atoms. The van der Waals surface area contributed by atoms with Crippen LogP contribution < -0.4 is 10.6 Å². The Morgan fingerprint density at radius 2 is 1.95 bits per heavy atom. The van der Waals surface area contributed by atoms with Crippen molar-refractivity contribution in [1.29, 1.82) is 0 Å². The number of amides is 2. The molecule has 0 aromatic carbocycles. The highest BCUT2D eigenvalue weighted by Gasteiger charge is 2.38. The monoisotopic (exact) mass is 302 g/mol. The van der Waals surface area contributed by atoms with E-state index in [0.29, 0.717) is 12.8 Å². The van der Waals surface area contributed by atoms with E-state index in [1.165, 1.54) is 6.08 Å². The largest absolute Gasteiger partial charge is 0.481 e. The number of rotatable bonds is 4. The van der Waals surface area contributed by atoms with Crippen LogP contribution in [0.25, 0.3) is 0 Å². The lowest BCUT2D eigenvalue weighted by Crippen LogP contribution is -2.53. The maximum atomic E-state index is 11.9. The highest BCUT2D eigenvalue weighted by atomic mass is 32.2. The molecule has 0 aromatic rings. The molecular weight excluding hydrogens is 284 g/mol. The van der Waals surface area contributed by atoms with Crippen LogP contribution in [0.2, 0.25) is 0 Å². The predicted octanol–water partition coefficient (Wildman–Crippen LogP) is 0.384. The molecule has 1 atom stereocenters. The average Bonchev–Trinajstić information content (AvgIpc) is 2.85. The molecule has 2 aliphatic rings. The zero-order chi connectivity index (χ0) is 14.8. The van der Waals surface area contributed by atoms with Gasteiger partial charge in [-0.2, -0.15) is 0 Å². The summed E-state index contributed by atoms with van der Waals surface area (Å²) in [5.74, 6) is -1.10. The Balaban J connectivity index is 1.93. The van der Waals surface area contributed by atoms with Gasteiger partial charge in [-0.3, -0.25) is 4.79 Å². The summed E-state index contributed by atoms with van der Waals surface area (Å²) in [6.45, 7) is 0. The lowest BCUT2D eigenvalue weighted by atomic mass is 9.93. The maximum absolute atomic E-state index is 11.9. The summed E-state index contributed by atoms with van der Waals surface area (Å²) in [7, 11) is -3.22. The molecule has 7 nitrogen and oxygen atoms in total. The van der Waals surface area contributed by atoms with Crippen LogP contribution in [0.1, 0.15) is 32.1 Å². The summed E-state index contributed by atoms with van der Waals surface area (Å²) in [6, 6.07) is -1.07. The number of aliphatic carboxylic acids is 1. The van der Waals surface area contributed by atoms with Crippen molar-refractivity contribution in [2.75, 3.05) is 5.75 Å². The maximum Gasteiger partial charge on any atom is 0.315 e. The molecular formula is C12H18N2O5S. The van der Waals surface area contributed by atoms with Crippen LogP contribution in [0.4, 0.5) is 4.79 Å². The van der Waals surface area contributed by atoms with Crippen LogP contribution in [0.5, 0.6) is 0 Å². The van der Waals surface area contributed by atoms with Crippen LogP contribution in [0.15, 0.2) is 11.5 Å². The van der Waals surface area contributed by atoms with Gasteiger partial charge in [0.25, 0.3) is 0 Å². The quantitative estimate of drug-likeness (QED) is 0.695. The third-order valence-electron chi connectivity index (χ3n) is 3.68. The Morgan fingerprint density at radius 3 is 2.45 bits per heavy atom. The van der Waals surface area contributed by atoms with Gasteiger partial charge in [-0.05, 0) is 18.9 Å². The first-order chi connectivity index (χ1) is 9.30. The van der Waals surface area contributed by atoms with Gasteiger partial charge >= 0.3 is 12.0 Å². The molecule has 3 N–H and O–H groups in total.